The summed E-state index contributed by atoms with van der Waals surface area (Å²) in [5, 5.41) is 3.32. The number of likely N-dealkylation sites (N-methyl/N-ethyl adjacent to an activating group) is 1. The molecule has 0 heterocycles. The summed E-state index contributed by atoms with van der Waals surface area (Å²) in [7, 11) is 0. The highest BCUT2D eigenvalue weighted by molar-refractivity contribution is 6.39. The van der Waals surface area contributed by atoms with Crippen LogP contribution in [-0.4, -0.2) is 35.8 Å². The van der Waals surface area contributed by atoms with E-state index >= 15 is 0 Å². The van der Waals surface area contributed by atoms with Gasteiger partial charge in [0, 0.05) is 6.54 Å². The van der Waals surface area contributed by atoms with E-state index in [0.717, 1.165) is 5.56 Å². The zero-order chi connectivity index (χ0) is 19.1. The van der Waals surface area contributed by atoms with Crippen LogP contribution in [0.5, 0.6) is 0 Å². The van der Waals surface area contributed by atoms with Gasteiger partial charge in [-0.3, -0.25) is 9.59 Å². The normalized spacial score (nSPS) is 11.3. The van der Waals surface area contributed by atoms with E-state index in [1.54, 1.807) is 25.1 Å². The molecule has 0 aliphatic heterocycles. The van der Waals surface area contributed by atoms with Crippen LogP contribution in [0.1, 0.15) is 12.5 Å². The van der Waals surface area contributed by atoms with Crippen molar-refractivity contribution in [1.29, 1.82) is 0 Å². The summed E-state index contributed by atoms with van der Waals surface area (Å²) in [6.07, 6.45) is 0.411. The van der Waals surface area contributed by atoms with E-state index in [2.05, 4.69) is 5.32 Å². The van der Waals surface area contributed by atoms with E-state index in [4.69, 9.17) is 28.9 Å². The number of para-hydroxylation sites is 1. The number of carbonyl (C=O) groups is 2. The van der Waals surface area contributed by atoms with Crippen LogP contribution in [0, 0.1) is 0 Å². The van der Waals surface area contributed by atoms with Crippen LogP contribution in [0.15, 0.2) is 48.5 Å². The van der Waals surface area contributed by atoms with Crippen LogP contribution in [-0.2, 0) is 16.0 Å². The maximum Gasteiger partial charge on any atom is 0.244 e. The van der Waals surface area contributed by atoms with Crippen molar-refractivity contribution in [2.24, 2.45) is 5.73 Å². The molecule has 0 saturated carbocycles. The minimum atomic E-state index is -0.714. The first-order valence-corrected chi connectivity index (χ1v) is 9.00. The van der Waals surface area contributed by atoms with Gasteiger partial charge in [-0.05, 0) is 31.0 Å². The fourth-order valence-electron chi connectivity index (χ4n) is 2.50. The number of carbonyl (C=O) groups excluding carboxylic acids is 2. The molecule has 2 rings (SSSR count). The van der Waals surface area contributed by atoms with Crippen LogP contribution in [0.2, 0.25) is 10.0 Å². The lowest BCUT2D eigenvalue weighted by Gasteiger charge is -2.24. The second-order valence-corrected chi connectivity index (χ2v) is 6.61. The fourth-order valence-corrected chi connectivity index (χ4v) is 3.00. The summed E-state index contributed by atoms with van der Waals surface area (Å²) in [6, 6.07) is 13.7. The Kier molecular flexibility index (Phi) is 9.60. The largest absolute Gasteiger partial charge is 0.332 e. The van der Waals surface area contributed by atoms with Crippen LogP contribution in [0.3, 0.4) is 0 Å². The summed E-state index contributed by atoms with van der Waals surface area (Å²) < 4.78 is 0. The third kappa shape index (κ3) is 6.70. The number of nitrogens with zero attached hydrogens (tertiary/aromatic N) is 1. The topological polar surface area (TPSA) is 75.4 Å². The van der Waals surface area contributed by atoms with Gasteiger partial charge in [0.05, 0.1) is 28.3 Å². The maximum absolute atomic E-state index is 12.6. The highest BCUT2D eigenvalue weighted by Crippen LogP contribution is 2.29. The number of hydrogen-bond donors (Lipinski definition) is 2. The molecule has 5 nitrogen and oxygen atoms in total. The molecule has 27 heavy (non-hydrogen) atoms. The van der Waals surface area contributed by atoms with E-state index in [1.165, 1.54) is 4.90 Å². The van der Waals surface area contributed by atoms with Crippen molar-refractivity contribution in [1.82, 2.24) is 4.90 Å². The molecule has 0 aromatic heterocycles. The minimum Gasteiger partial charge on any atom is -0.332 e. The second kappa shape index (κ2) is 11.1. The Morgan fingerprint density at radius 1 is 1.07 bits per heavy atom. The molecule has 0 fully saturated rings. The lowest BCUT2D eigenvalue weighted by molar-refractivity contribution is -0.135. The molecule has 2 aromatic carbocycles. The van der Waals surface area contributed by atoms with Gasteiger partial charge in [-0.25, -0.2) is 0 Å². The zero-order valence-corrected chi connectivity index (χ0v) is 17.2. The summed E-state index contributed by atoms with van der Waals surface area (Å²) in [5.41, 5.74) is 7.34. The van der Waals surface area contributed by atoms with Crippen molar-refractivity contribution in [3.05, 3.63) is 64.1 Å². The average Bonchev–Trinajstić information content (AvgIpc) is 2.63. The second-order valence-electron chi connectivity index (χ2n) is 5.79. The van der Waals surface area contributed by atoms with Gasteiger partial charge in [0.25, 0.3) is 0 Å². The number of nitrogens with two attached hydrogens (primary N) is 1. The Morgan fingerprint density at radius 2 is 1.67 bits per heavy atom. The van der Waals surface area contributed by atoms with Gasteiger partial charge in [0.1, 0.15) is 0 Å². The van der Waals surface area contributed by atoms with Crippen molar-refractivity contribution >= 4 is 53.1 Å². The lowest BCUT2D eigenvalue weighted by Crippen LogP contribution is -2.47. The first-order chi connectivity index (χ1) is 12.4. The van der Waals surface area contributed by atoms with Crippen LogP contribution in [0.25, 0.3) is 0 Å². The molecule has 0 radical (unpaired) electrons. The van der Waals surface area contributed by atoms with E-state index in [1.807, 2.05) is 30.3 Å². The van der Waals surface area contributed by atoms with Gasteiger partial charge >= 0.3 is 0 Å². The third-order valence-corrected chi connectivity index (χ3v) is 4.50. The maximum atomic E-state index is 12.6. The van der Waals surface area contributed by atoms with Crippen molar-refractivity contribution in [3.63, 3.8) is 0 Å². The predicted molar refractivity (Wildman–Crippen MR) is 113 cm³/mol. The fraction of sp³-hybridized carbons (Fsp3) is 0.263. The Balaban J connectivity index is 0.00000364. The zero-order valence-electron chi connectivity index (χ0n) is 14.8. The molecule has 3 N–H and O–H groups in total. The highest BCUT2D eigenvalue weighted by atomic mass is 35.5. The number of nitrogens with one attached hydrogen (secondary N) is 1. The molecule has 0 saturated heterocycles. The summed E-state index contributed by atoms with van der Waals surface area (Å²) in [4.78, 5) is 26.3. The van der Waals surface area contributed by atoms with Gasteiger partial charge in [-0.2, -0.15) is 0 Å². The molecular formula is C19H22Cl3N3O2. The molecule has 2 amide bonds. The molecule has 2 aromatic rings. The summed E-state index contributed by atoms with van der Waals surface area (Å²) >= 11 is 12.1. The molecule has 146 valence electrons. The molecule has 1 unspecified atom stereocenters. The first kappa shape index (κ1) is 23.2. The number of amides is 2. The average molecular weight is 431 g/mol. The van der Waals surface area contributed by atoms with Crippen molar-refractivity contribution in [2.75, 3.05) is 18.4 Å². The molecule has 0 aliphatic rings. The number of hydrogen-bond acceptors (Lipinski definition) is 3. The minimum absolute atomic E-state index is 0. The van der Waals surface area contributed by atoms with Gasteiger partial charge in [-0.1, -0.05) is 59.6 Å². The van der Waals surface area contributed by atoms with Crippen molar-refractivity contribution < 1.29 is 9.59 Å². The van der Waals surface area contributed by atoms with E-state index in [-0.39, 0.29) is 30.8 Å². The number of benzene rings is 2. The van der Waals surface area contributed by atoms with Crippen LogP contribution < -0.4 is 11.1 Å². The molecular weight excluding hydrogens is 409 g/mol. The van der Waals surface area contributed by atoms with E-state index in [9.17, 15) is 9.59 Å². The Labute approximate surface area is 175 Å². The monoisotopic (exact) mass is 429 g/mol. The molecule has 0 spiro atoms. The summed E-state index contributed by atoms with van der Waals surface area (Å²) in [5.74, 6) is -0.668. The Morgan fingerprint density at radius 3 is 2.22 bits per heavy atom. The SMILES string of the molecule is CCN(CC(=O)Nc1c(Cl)cccc1Cl)C(=O)C(N)Cc1ccccc1.Cl. The number of anilines is 1. The Bertz CT molecular complexity index is 752. The first-order valence-electron chi connectivity index (χ1n) is 8.24. The quantitative estimate of drug-likeness (QED) is 0.702. The predicted octanol–water partition coefficient (Wildman–Crippen LogP) is 3.77. The number of halogens is 3. The van der Waals surface area contributed by atoms with E-state index < -0.39 is 6.04 Å². The molecule has 0 bridgehead atoms. The van der Waals surface area contributed by atoms with E-state index in [0.29, 0.717) is 28.7 Å². The third-order valence-electron chi connectivity index (χ3n) is 3.87. The van der Waals surface area contributed by atoms with Crippen molar-refractivity contribution in [3.8, 4) is 0 Å². The summed E-state index contributed by atoms with van der Waals surface area (Å²) in [6.45, 7) is 2.03. The Hall–Kier alpha value is -1.79. The van der Waals surface area contributed by atoms with Gasteiger partial charge in [0.15, 0.2) is 0 Å². The van der Waals surface area contributed by atoms with Crippen molar-refractivity contribution in [2.45, 2.75) is 19.4 Å². The van der Waals surface area contributed by atoms with Gasteiger partial charge in [0.2, 0.25) is 11.8 Å². The lowest BCUT2D eigenvalue weighted by atomic mass is 10.1. The highest BCUT2D eigenvalue weighted by Gasteiger charge is 2.22. The standard InChI is InChI=1S/C19H21Cl2N3O2.ClH/c1-2-24(19(26)16(22)11-13-7-4-3-5-8-13)12-17(25)23-18-14(20)9-6-10-15(18)21;/h3-10,16H,2,11-12,22H2,1H3,(H,23,25);1H. The van der Waals surface area contributed by atoms with Crippen LogP contribution in [0.4, 0.5) is 5.69 Å². The van der Waals surface area contributed by atoms with Crippen LogP contribution >= 0.6 is 35.6 Å². The molecule has 1 atom stereocenters. The smallest absolute Gasteiger partial charge is 0.244 e. The molecule has 0 aliphatic carbocycles. The molecule has 8 heteroatoms. The van der Waals surface area contributed by atoms with Gasteiger partial charge in [-0.15, -0.1) is 12.4 Å². The van der Waals surface area contributed by atoms with Gasteiger partial charge < -0.3 is 16.0 Å². The number of rotatable bonds is 7.